The lowest BCUT2D eigenvalue weighted by Crippen LogP contribution is -2.55. The molecule has 1 aliphatic rings. The van der Waals surface area contributed by atoms with Gasteiger partial charge in [-0.05, 0) is 53.4 Å². The van der Waals surface area contributed by atoms with Gasteiger partial charge in [-0.2, -0.15) is 0 Å². The summed E-state index contributed by atoms with van der Waals surface area (Å²) in [5, 5.41) is 12.4. The monoisotopic (exact) mass is 357 g/mol. The average Bonchev–Trinajstić information content (AvgIpc) is 2.47. The van der Waals surface area contributed by atoms with Crippen molar-refractivity contribution in [1.29, 1.82) is 0 Å². The fourth-order valence-electron chi connectivity index (χ4n) is 2.28. The van der Waals surface area contributed by atoms with Crippen LogP contribution in [0, 0.1) is 6.92 Å². The number of benzene rings is 1. The molecule has 2 rings (SSSR count). The maximum atomic E-state index is 12.0. The molecule has 0 saturated carbocycles. The molecule has 116 valence electrons. The molecule has 1 aliphatic heterocycles. The van der Waals surface area contributed by atoms with Crippen LogP contribution in [-0.2, 0) is 9.53 Å². The van der Waals surface area contributed by atoms with E-state index in [9.17, 15) is 9.90 Å². The van der Waals surface area contributed by atoms with Crippen LogP contribution in [0.5, 0.6) is 5.75 Å². The lowest BCUT2D eigenvalue weighted by atomic mass is 9.91. The number of ether oxygens (including phenoxy) is 2. The molecule has 0 bridgehead atoms. The van der Waals surface area contributed by atoms with E-state index in [1.807, 2.05) is 25.1 Å². The zero-order valence-corrected chi connectivity index (χ0v) is 13.6. The van der Waals surface area contributed by atoms with E-state index < -0.39 is 5.54 Å². The number of aliphatic hydroxyl groups excluding tert-OH is 1. The number of halogens is 1. The minimum absolute atomic E-state index is 0.0791. The smallest absolute Gasteiger partial charge is 0.258 e. The zero-order chi connectivity index (χ0) is 15.3. The Kier molecular flexibility index (Phi) is 5.61. The number of carbonyl (C=O) groups excluding carboxylic acids is 1. The van der Waals surface area contributed by atoms with Gasteiger partial charge in [0.15, 0.2) is 6.61 Å². The summed E-state index contributed by atoms with van der Waals surface area (Å²) in [6.45, 7) is 2.91. The first-order valence-electron chi connectivity index (χ1n) is 6.93. The molecule has 1 fully saturated rings. The maximum absolute atomic E-state index is 12.0. The van der Waals surface area contributed by atoms with Crippen LogP contribution in [0.15, 0.2) is 22.7 Å². The second-order valence-electron chi connectivity index (χ2n) is 5.32. The number of nitrogens with one attached hydrogen (secondary N) is 1. The summed E-state index contributed by atoms with van der Waals surface area (Å²) in [6, 6.07) is 5.68. The van der Waals surface area contributed by atoms with E-state index in [2.05, 4.69) is 21.2 Å². The zero-order valence-electron chi connectivity index (χ0n) is 12.0. The van der Waals surface area contributed by atoms with Crippen LogP contribution >= 0.6 is 15.9 Å². The lowest BCUT2D eigenvalue weighted by molar-refractivity contribution is -0.127. The first-order chi connectivity index (χ1) is 10.0. The Hall–Kier alpha value is -1.11. The Morgan fingerprint density at radius 1 is 1.48 bits per heavy atom. The van der Waals surface area contributed by atoms with Gasteiger partial charge < -0.3 is 19.9 Å². The molecular weight excluding hydrogens is 338 g/mol. The molecule has 1 saturated heterocycles. The van der Waals surface area contributed by atoms with Crippen molar-refractivity contribution >= 4 is 21.8 Å². The van der Waals surface area contributed by atoms with E-state index in [0.29, 0.717) is 31.8 Å². The van der Waals surface area contributed by atoms with Crippen LogP contribution in [0.2, 0.25) is 0 Å². The van der Waals surface area contributed by atoms with Crippen molar-refractivity contribution in [2.24, 2.45) is 0 Å². The fourth-order valence-corrected chi connectivity index (χ4v) is 2.89. The van der Waals surface area contributed by atoms with Crippen LogP contribution in [0.1, 0.15) is 18.4 Å². The highest BCUT2D eigenvalue weighted by Gasteiger charge is 2.33. The van der Waals surface area contributed by atoms with Gasteiger partial charge in [0.1, 0.15) is 5.75 Å². The first-order valence-corrected chi connectivity index (χ1v) is 7.72. The Labute approximate surface area is 132 Å². The van der Waals surface area contributed by atoms with Gasteiger partial charge in [0, 0.05) is 13.2 Å². The third kappa shape index (κ3) is 4.43. The van der Waals surface area contributed by atoms with Gasteiger partial charge in [-0.15, -0.1) is 0 Å². The summed E-state index contributed by atoms with van der Waals surface area (Å²) >= 11 is 3.41. The van der Waals surface area contributed by atoms with Crippen LogP contribution < -0.4 is 10.1 Å². The van der Waals surface area contributed by atoms with Crippen molar-refractivity contribution in [2.75, 3.05) is 26.4 Å². The predicted octanol–water partition coefficient (Wildman–Crippen LogP) is 1.79. The lowest BCUT2D eigenvalue weighted by Gasteiger charge is -2.36. The van der Waals surface area contributed by atoms with Crippen LogP contribution in [0.3, 0.4) is 0 Å². The molecule has 1 heterocycles. The molecule has 0 aromatic heterocycles. The van der Waals surface area contributed by atoms with E-state index in [-0.39, 0.29) is 19.1 Å². The first kappa shape index (κ1) is 16.3. The summed E-state index contributed by atoms with van der Waals surface area (Å²) in [5.41, 5.74) is 0.531. The van der Waals surface area contributed by atoms with Crippen LogP contribution in [0.25, 0.3) is 0 Å². The second-order valence-corrected chi connectivity index (χ2v) is 6.18. The summed E-state index contributed by atoms with van der Waals surface area (Å²) < 4.78 is 11.6. The minimum Gasteiger partial charge on any atom is -0.483 e. The minimum atomic E-state index is -0.580. The van der Waals surface area contributed by atoms with E-state index in [0.717, 1.165) is 10.0 Å². The van der Waals surface area contributed by atoms with Crippen molar-refractivity contribution in [2.45, 2.75) is 25.3 Å². The summed E-state index contributed by atoms with van der Waals surface area (Å²) in [4.78, 5) is 12.0. The number of aliphatic hydroxyl groups is 1. The van der Waals surface area contributed by atoms with E-state index in [4.69, 9.17) is 9.47 Å². The molecule has 1 aromatic rings. The standard InChI is InChI=1S/C15H20BrNO4/c1-11-2-3-13(12(16)8-11)21-9-14(19)17-15(10-18)4-6-20-7-5-15/h2-3,8,18H,4-7,9-10H2,1H3,(H,17,19). The second kappa shape index (κ2) is 7.24. The van der Waals surface area contributed by atoms with E-state index >= 15 is 0 Å². The van der Waals surface area contributed by atoms with Crippen LogP contribution in [-0.4, -0.2) is 43.0 Å². The number of rotatable bonds is 5. The van der Waals surface area contributed by atoms with Crippen molar-refractivity contribution in [3.63, 3.8) is 0 Å². The number of hydrogen-bond acceptors (Lipinski definition) is 4. The summed E-state index contributed by atoms with van der Waals surface area (Å²) in [5.74, 6) is 0.388. The third-order valence-corrected chi connectivity index (χ3v) is 4.22. The van der Waals surface area contributed by atoms with Gasteiger partial charge in [0.2, 0.25) is 0 Å². The predicted molar refractivity (Wildman–Crippen MR) is 82.4 cm³/mol. The molecule has 6 heteroatoms. The normalized spacial score (nSPS) is 17.3. The molecule has 1 aromatic carbocycles. The molecule has 0 unspecified atom stereocenters. The SMILES string of the molecule is Cc1ccc(OCC(=O)NC2(CO)CCOCC2)c(Br)c1. The Balaban J connectivity index is 1.89. The fraction of sp³-hybridized carbons (Fsp3) is 0.533. The van der Waals surface area contributed by atoms with Crippen molar-refractivity contribution < 1.29 is 19.4 Å². The number of hydrogen-bond donors (Lipinski definition) is 2. The largest absolute Gasteiger partial charge is 0.483 e. The highest BCUT2D eigenvalue weighted by atomic mass is 79.9. The number of aryl methyl sites for hydroxylation is 1. The number of carbonyl (C=O) groups is 1. The maximum Gasteiger partial charge on any atom is 0.258 e. The Bertz CT molecular complexity index is 500. The Morgan fingerprint density at radius 2 is 2.19 bits per heavy atom. The van der Waals surface area contributed by atoms with E-state index in [1.165, 1.54) is 0 Å². The summed E-state index contributed by atoms with van der Waals surface area (Å²) in [6.07, 6.45) is 1.23. The molecule has 2 N–H and O–H groups in total. The topological polar surface area (TPSA) is 67.8 Å². The van der Waals surface area contributed by atoms with Crippen molar-refractivity contribution in [3.05, 3.63) is 28.2 Å². The molecule has 21 heavy (non-hydrogen) atoms. The molecule has 0 spiro atoms. The molecule has 0 atom stereocenters. The van der Waals surface area contributed by atoms with Crippen molar-refractivity contribution in [3.8, 4) is 5.75 Å². The Morgan fingerprint density at radius 3 is 2.81 bits per heavy atom. The third-order valence-electron chi connectivity index (χ3n) is 3.60. The molecule has 0 radical (unpaired) electrons. The van der Waals surface area contributed by atoms with E-state index in [1.54, 1.807) is 0 Å². The van der Waals surface area contributed by atoms with Gasteiger partial charge in [-0.3, -0.25) is 4.79 Å². The quantitative estimate of drug-likeness (QED) is 0.842. The van der Waals surface area contributed by atoms with Gasteiger partial charge in [-0.1, -0.05) is 6.07 Å². The van der Waals surface area contributed by atoms with Gasteiger partial charge in [0.05, 0.1) is 16.6 Å². The molecule has 0 aliphatic carbocycles. The molecule has 5 nitrogen and oxygen atoms in total. The molecule has 1 amide bonds. The van der Waals surface area contributed by atoms with Gasteiger partial charge in [-0.25, -0.2) is 0 Å². The van der Waals surface area contributed by atoms with Crippen LogP contribution in [0.4, 0.5) is 0 Å². The van der Waals surface area contributed by atoms with Gasteiger partial charge >= 0.3 is 0 Å². The summed E-state index contributed by atoms with van der Waals surface area (Å²) in [7, 11) is 0. The number of amides is 1. The van der Waals surface area contributed by atoms with Gasteiger partial charge in [0.25, 0.3) is 5.91 Å². The highest BCUT2D eigenvalue weighted by Crippen LogP contribution is 2.26. The molecular formula is C15H20BrNO4. The average molecular weight is 358 g/mol. The van der Waals surface area contributed by atoms with Crippen molar-refractivity contribution in [1.82, 2.24) is 5.32 Å². The highest BCUT2D eigenvalue weighted by molar-refractivity contribution is 9.10.